The summed E-state index contributed by atoms with van der Waals surface area (Å²) in [6, 6.07) is 12.3. The van der Waals surface area contributed by atoms with E-state index in [1.54, 1.807) is 24.4 Å². The molecule has 0 saturated carbocycles. The Morgan fingerprint density at radius 3 is 2.45 bits per heavy atom. The molecule has 198 valence electrons. The van der Waals surface area contributed by atoms with Crippen molar-refractivity contribution in [2.75, 3.05) is 25.0 Å². The summed E-state index contributed by atoms with van der Waals surface area (Å²) in [5.41, 5.74) is 0.617. The van der Waals surface area contributed by atoms with Gasteiger partial charge in [-0.3, -0.25) is 15.1 Å². The highest BCUT2D eigenvalue weighted by molar-refractivity contribution is 7.89. The monoisotopic (exact) mass is 554 g/mol. The van der Waals surface area contributed by atoms with Crippen LogP contribution >= 0.6 is 11.3 Å². The molecule has 1 aliphatic heterocycles. The number of thiazole rings is 1. The average molecular weight is 555 g/mol. The number of amides is 2. The number of benzene rings is 1. The Morgan fingerprint density at radius 1 is 1.16 bits per heavy atom. The van der Waals surface area contributed by atoms with Crippen LogP contribution < -0.4 is 5.32 Å². The maximum atomic E-state index is 13.3. The van der Waals surface area contributed by atoms with Crippen molar-refractivity contribution in [3.05, 3.63) is 59.1 Å². The number of aromatic nitrogens is 2. The van der Waals surface area contributed by atoms with Gasteiger partial charge in [-0.15, -0.1) is 0 Å². The van der Waals surface area contributed by atoms with E-state index in [9.17, 15) is 28.4 Å². The van der Waals surface area contributed by atoms with Crippen molar-refractivity contribution in [3.8, 4) is 17.5 Å². The van der Waals surface area contributed by atoms with E-state index in [4.69, 9.17) is 0 Å². The van der Waals surface area contributed by atoms with Crippen LogP contribution in [0.1, 0.15) is 36.0 Å². The summed E-state index contributed by atoms with van der Waals surface area (Å²) < 4.78 is 27.9. The van der Waals surface area contributed by atoms with Crippen molar-refractivity contribution < 1.29 is 23.1 Å². The molecule has 1 aliphatic rings. The Morgan fingerprint density at radius 2 is 1.87 bits per heavy atom. The zero-order chi connectivity index (χ0) is 27.7. The molecular weight excluding hydrogens is 528 g/mol. The number of nitrogens with zero attached hydrogens (tertiary/aromatic N) is 5. The van der Waals surface area contributed by atoms with Crippen LogP contribution in [0.3, 0.4) is 0 Å². The summed E-state index contributed by atoms with van der Waals surface area (Å²) in [6.45, 7) is 5.75. The first-order valence-electron chi connectivity index (χ1n) is 11.7. The van der Waals surface area contributed by atoms with Crippen molar-refractivity contribution in [1.29, 1.82) is 5.26 Å². The summed E-state index contributed by atoms with van der Waals surface area (Å²) in [5, 5.41) is 21.9. The lowest BCUT2D eigenvalue weighted by Gasteiger charge is -2.45. The van der Waals surface area contributed by atoms with Crippen molar-refractivity contribution in [3.63, 3.8) is 0 Å². The third-order valence-electron chi connectivity index (χ3n) is 6.20. The second-order valence-electron chi connectivity index (χ2n) is 9.72. The Kier molecular flexibility index (Phi) is 7.50. The molecule has 0 bridgehead atoms. The Balaban J connectivity index is 1.50. The van der Waals surface area contributed by atoms with Crippen molar-refractivity contribution in [1.82, 2.24) is 19.2 Å². The molecule has 0 spiro atoms. The highest BCUT2D eigenvalue weighted by atomic mass is 32.2. The highest BCUT2D eigenvalue weighted by Gasteiger charge is 2.41. The molecular formula is C25H26N6O5S2. The van der Waals surface area contributed by atoms with E-state index in [0.29, 0.717) is 16.3 Å². The van der Waals surface area contributed by atoms with Gasteiger partial charge in [0.05, 0.1) is 16.6 Å². The first-order valence-corrected chi connectivity index (χ1v) is 13.9. The topological polar surface area (TPSA) is 157 Å². The minimum Gasteiger partial charge on any atom is -0.465 e. The summed E-state index contributed by atoms with van der Waals surface area (Å²) in [5.74, 6) is -0.511. The number of hydrogen-bond donors (Lipinski definition) is 2. The number of pyridine rings is 1. The predicted octanol–water partition coefficient (Wildman–Crippen LogP) is 3.73. The van der Waals surface area contributed by atoms with Gasteiger partial charge < -0.3 is 10.0 Å². The first kappa shape index (κ1) is 27.2. The van der Waals surface area contributed by atoms with Gasteiger partial charge in [0.1, 0.15) is 16.6 Å². The Labute approximate surface area is 224 Å². The number of nitriles is 1. The lowest BCUT2D eigenvalue weighted by Crippen LogP contribution is -2.60. The van der Waals surface area contributed by atoms with Crippen LogP contribution in [-0.2, 0) is 10.0 Å². The van der Waals surface area contributed by atoms with Crippen LogP contribution in [0, 0.1) is 16.7 Å². The number of hydrogen-bond acceptors (Lipinski definition) is 8. The predicted molar refractivity (Wildman–Crippen MR) is 141 cm³/mol. The number of piperazine rings is 1. The molecule has 38 heavy (non-hydrogen) atoms. The molecule has 0 radical (unpaired) electrons. The average Bonchev–Trinajstić information content (AvgIpc) is 3.31. The van der Waals surface area contributed by atoms with E-state index in [1.807, 2.05) is 20.8 Å². The van der Waals surface area contributed by atoms with E-state index in [1.165, 1.54) is 33.5 Å². The quantitative estimate of drug-likeness (QED) is 0.483. The molecule has 0 aliphatic carbocycles. The van der Waals surface area contributed by atoms with E-state index in [2.05, 4.69) is 21.4 Å². The molecule has 2 aromatic heterocycles. The molecule has 3 heterocycles. The number of carboxylic acid groups (broad SMARTS) is 1. The van der Waals surface area contributed by atoms with Gasteiger partial charge in [-0.1, -0.05) is 38.2 Å². The third kappa shape index (κ3) is 5.52. The van der Waals surface area contributed by atoms with Gasteiger partial charge in [-0.05, 0) is 41.8 Å². The third-order valence-corrected chi connectivity index (χ3v) is 8.95. The van der Waals surface area contributed by atoms with Gasteiger partial charge in [0, 0.05) is 31.4 Å². The fourth-order valence-corrected chi connectivity index (χ4v) is 6.37. The maximum absolute atomic E-state index is 13.3. The molecule has 1 saturated heterocycles. The zero-order valence-electron chi connectivity index (χ0n) is 21.0. The highest BCUT2D eigenvalue weighted by Crippen LogP contribution is 2.31. The van der Waals surface area contributed by atoms with E-state index >= 15 is 0 Å². The Hall–Kier alpha value is -3.86. The van der Waals surface area contributed by atoms with Crippen LogP contribution in [-0.4, -0.2) is 70.4 Å². The number of nitrogens with one attached hydrogen (secondary N) is 1. The van der Waals surface area contributed by atoms with Crippen molar-refractivity contribution >= 4 is 38.5 Å². The summed E-state index contributed by atoms with van der Waals surface area (Å²) in [6.07, 6.45) is 0.505. The zero-order valence-corrected chi connectivity index (χ0v) is 22.6. The Bertz CT molecular complexity index is 1490. The smallest absolute Gasteiger partial charge is 0.407 e. The van der Waals surface area contributed by atoms with Crippen molar-refractivity contribution in [2.45, 2.75) is 31.7 Å². The first-order chi connectivity index (χ1) is 17.9. The largest absolute Gasteiger partial charge is 0.465 e. The summed E-state index contributed by atoms with van der Waals surface area (Å²) in [7, 11) is -3.91. The summed E-state index contributed by atoms with van der Waals surface area (Å²) >= 11 is 1.02. The van der Waals surface area contributed by atoms with Gasteiger partial charge in [0.15, 0.2) is 5.13 Å². The standard InChI is InChI=1S/C25H26N6O5S2/c1-25(2,3)20-15-30(12-13-31(20)24(33)34)38(35,36)17-9-7-16(8-10-17)22(32)29-23-28-21(19(14-26)37-23)18-6-4-5-11-27-18/h4-11,20H,12-13,15H2,1-3H3,(H,33,34)(H,28,29,32). The lowest BCUT2D eigenvalue weighted by molar-refractivity contribution is 0.0458. The molecule has 2 amide bonds. The fraction of sp³-hybridized carbons (Fsp3) is 0.320. The molecule has 2 N–H and O–H groups in total. The van der Waals surface area contributed by atoms with Gasteiger partial charge in [-0.25, -0.2) is 18.2 Å². The van der Waals surface area contributed by atoms with E-state index in [-0.39, 0.29) is 35.2 Å². The molecule has 1 unspecified atom stereocenters. The van der Waals surface area contributed by atoms with Gasteiger partial charge in [-0.2, -0.15) is 9.57 Å². The molecule has 1 fully saturated rings. The maximum Gasteiger partial charge on any atom is 0.407 e. The number of anilines is 1. The molecule has 1 atom stereocenters. The SMILES string of the molecule is CC(C)(C)C1CN(S(=O)(=O)c2ccc(C(=O)Nc3nc(-c4ccccn4)c(C#N)s3)cc2)CCN1C(=O)O. The molecule has 3 aromatic rings. The fourth-order valence-electron chi connectivity index (χ4n) is 4.17. The number of rotatable bonds is 5. The van der Waals surface area contributed by atoms with Crippen LogP contribution in [0.4, 0.5) is 9.93 Å². The van der Waals surface area contributed by atoms with Crippen molar-refractivity contribution in [2.24, 2.45) is 5.41 Å². The second-order valence-corrected chi connectivity index (χ2v) is 12.7. The van der Waals surface area contributed by atoms with Crippen LogP contribution in [0.15, 0.2) is 53.6 Å². The molecule has 1 aromatic carbocycles. The minimum absolute atomic E-state index is 0.00365. The minimum atomic E-state index is -3.91. The van der Waals surface area contributed by atoms with Gasteiger partial charge in [0.25, 0.3) is 5.91 Å². The van der Waals surface area contributed by atoms with Gasteiger partial charge in [0.2, 0.25) is 10.0 Å². The van der Waals surface area contributed by atoms with Gasteiger partial charge >= 0.3 is 6.09 Å². The lowest BCUT2D eigenvalue weighted by atomic mass is 9.85. The van der Waals surface area contributed by atoms with Crippen LogP contribution in [0.2, 0.25) is 0 Å². The second kappa shape index (κ2) is 10.5. The van der Waals surface area contributed by atoms with E-state index < -0.39 is 33.5 Å². The number of carbonyl (C=O) groups is 2. The molecule has 11 nitrogen and oxygen atoms in total. The number of sulfonamides is 1. The van der Waals surface area contributed by atoms with Crippen LogP contribution in [0.5, 0.6) is 0 Å². The molecule has 4 rings (SSSR count). The number of carbonyl (C=O) groups excluding carboxylic acids is 1. The van der Waals surface area contributed by atoms with Crippen LogP contribution in [0.25, 0.3) is 11.4 Å². The molecule has 13 heteroatoms. The normalized spacial score (nSPS) is 16.6. The summed E-state index contributed by atoms with van der Waals surface area (Å²) in [4.78, 5) is 34.6. The van der Waals surface area contributed by atoms with E-state index in [0.717, 1.165) is 11.3 Å².